The molecule has 2 aromatic rings. The average Bonchev–Trinajstić information content (AvgIpc) is 2.76. The molecule has 0 aromatic heterocycles. The Bertz CT molecular complexity index is 856. The Morgan fingerprint density at radius 3 is 2.27 bits per heavy atom. The molecule has 0 fully saturated rings. The predicted octanol–water partition coefficient (Wildman–Crippen LogP) is 2.12. The van der Waals surface area contributed by atoms with Crippen LogP contribution in [-0.4, -0.2) is 49.5 Å². The van der Waals surface area contributed by atoms with E-state index in [9.17, 15) is 18.8 Å². The number of urea groups is 1. The second-order valence-electron chi connectivity index (χ2n) is 6.35. The third-order valence-electron chi connectivity index (χ3n) is 4.21. The standard InChI is InChI=1S/C21H25FN4O4/c1-3-26(14-19(27)25-17-8-10-18(30-2)11-9-17)20(28)13-24-21(29)23-12-15-4-6-16(22)7-5-15/h4-11H,3,12-14H2,1-2H3,(H,25,27)(H2,23,24,29). The zero-order valence-corrected chi connectivity index (χ0v) is 16.9. The van der Waals surface area contributed by atoms with E-state index in [2.05, 4.69) is 16.0 Å². The van der Waals surface area contributed by atoms with Crippen molar-refractivity contribution in [1.29, 1.82) is 0 Å². The molecular formula is C21H25FN4O4. The molecule has 0 saturated heterocycles. The number of carbonyl (C=O) groups excluding carboxylic acids is 3. The summed E-state index contributed by atoms with van der Waals surface area (Å²) in [5.41, 5.74) is 1.31. The van der Waals surface area contributed by atoms with E-state index in [4.69, 9.17) is 4.74 Å². The molecule has 2 aromatic carbocycles. The quantitative estimate of drug-likeness (QED) is 0.583. The van der Waals surface area contributed by atoms with Crippen LogP contribution in [0.1, 0.15) is 12.5 Å². The molecule has 0 radical (unpaired) electrons. The smallest absolute Gasteiger partial charge is 0.315 e. The molecule has 0 bridgehead atoms. The Morgan fingerprint density at radius 1 is 1.00 bits per heavy atom. The van der Waals surface area contributed by atoms with Crippen LogP contribution in [0.3, 0.4) is 0 Å². The SMILES string of the molecule is CCN(CC(=O)Nc1ccc(OC)cc1)C(=O)CNC(=O)NCc1ccc(F)cc1. The summed E-state index contributed by atoms with van der Waals surface area (Å²) < 4.78 is 17.9. The molecule has 160 valence electrons. The average molecular weight is 416 g/mol. The Labute approximate surface area is 174 Å². The Hall–Kier alpha value is -3.62. The fourth-order valence-corrected chi connectivity index (χ4v) is 2.54. The van der Waals surface area contributed by atoms with Crippen LogP contribution >= 0.6 is 0 Å². The van der Waals surface area contributed by atoms with Gasteiger partial charge < -0.3 is 25.6 Å². The van der Waals surface area contributed by atoms with Gasteiger partial charge in [-0.15, -0.1) is 0 Å². The van der Waals surface area contributed by atoms with Gasteiger partial charge in [0.05, 0.1) is 20.2 Å². The van der Waals surface area contributed by atoms with E-state index in [1.165, 1.54) is 17.0 Å². The lowest BCUT2D eigenvalue weighted by Gasteiger charge is -2.20. The van der Waals surface area contributed by atoms with Gasteiger partial charge in [-0.25, -0.2) is 9.18 Å². The second kappa shape index (κ2) is 11.4. The van der Waals surface area contributed by atoms with Crippen molar-refractivity contribution >= 4 is 23.5 Å². The summed E-state index contributed by atoms with van der Waals surface area (Å²) in [6.07, 6.45) is 0. The zero-order valence-electron chi connectivity index (χ0n) is 16.9. The Morgan fingerprint density at radius 2 is 1.67 bits per heavy atom. The lowest BCUT2D eigenvalue weighted by atomic mass is 10.2. The molecule has 9 heteroatoms. The number of carbonyl (C=O) groups is 3. The second-order valence-corrected chi connectivity index (χ2v) is 6.35. The van der Waals surface area contributed by atoms with Gasteiger partial charge in [0.15, 0.2) is 0 Å². The Kier molecular flexibility index (Phi) is 8.61. The highest BCUT2D eigenvalue weighted by Gasteiger charge is 2.16. The number of anilines is 1. The molecule has 0 saturated carbocycles. The van der Waals surface area contributed by atoms with Crippen LogP contribution in [0.15, 0.2) is 48.5 Å². The number of halogens is 1. The minimum Gasteiger partial charge on any atom is -0.497 e. The van der Waals surface area contributed by atoms with Gasteiger partial charge in [0.25, 0.3) is 0 Å². The summed E-state index contributed by atoms with van der Waals surface area (Å²) in [6.45, 7) is 1.86. The number of amides is 4. The maximum atomic E-state index is 12.9. The number of hydrogen-bond acceptors (Lipinski definition) is 4. The van der Waals surface area contributed by atoms with Crippen LogP contribution in [0.4, 0.5) is 14.9 Å². The van der Waals surface area contributed by atoms with Gasteiger partial charge in [-0.2, -0.15) is 0 Å². The van der Waals surface area contributed by atoms with Gasteiger partial charge in [0, 0.05) is 18.8 Å². The molecule has 0 unspecified atom stereocenters. The van der Waals surface area contributed by atoms with Crippen molar-refractivity contribution in [3.8, 4) is 5.75 Å². The molecule has 8 nitrogen and oxygen atoms in total. The summed E-state index contributed by atoms with van der Waals surface area (Å²) in [6, 6.07) is 12.0. The van der Waals surface area contributed by atoms with Crippen LogP contribution in [-0.2, 0) is 16.1 Å². The first-order valence-electron chi connectivity index (χ1n) is 9.39. The van der Waals surface area contributed by atoms with Crippen molar-refractivity contribution in [1.82, 2.24) is 15.5 Å². The van der Waals surface area contributed by atoms with Crippen molar-refractivity contribution in [2.45, 2.75) is 13.5 Å². The number of methoxy groups -OCH3 is 1. The van der Waals surface area contributed by atoms with Crippen LogP contribution in [0.2, 0.25) is 0 Å². The number of ether oxygens (including phenoxy) is 1. The number of rotatable bonds is 9. The summed E-state index contributed by atoms with van der Waals surface area (Å²) >= 11 is 0. The number of nitrogens with zero attached hydrogens (tertiary/aromatic N) is 1. The molecule has 4 amide bonds. The largest absolute Gasteiger partial charge is 0.497 e. The van der Waals surface area contributed by atoms with Crippen LogP contribution in [0, 0.1) is 5.82 Å². The summed E-state index contributed by atoms with van der Waals surface area (Å²) in [7, 11) is 1.55. The van der Waals surface area contributed by atoms with E-state index in [0.29, 0.717) is 18.0 Å². The zero-order chi connectivity index (χ0) is 21.9. The van der Waals surface area contributed by atoms with Gasteiger partial charge in [-0.1, -0.05) is 12.1 Å². The predicted molar refractivity (Wildman–Crippen MR) is 111 cm³/mol. The lowest BCUT2D eigenvalue weighted by Crippen LogP contribution is -2.45. The van der Waals surface area contributed by atoms with Crippen LogP contribution < -0.4 is 20.7 Å². The molecule has 0 aliphatic rings. The van der Waals surface area contributed by atoms with E-state index in [1.54, 1.807) is 50.4 Å². The normalized spacial score (nSPS) is 10.1. The molecule has 3 N–H and O–H groups in total. The van der Waals surface area contributed by atoms with Gasteiger partial charge in [0.1, 0.15) is 11.6 Å². The molecule has 0 aliphatic heterocycles. The molecule has 0 atom stereocenters. The number of benzene rings is 2. The maximum absolute atomic E-state index is 12.9. The van der Waals surface area contributed by atoms with Crippen molar-refractivity contribution in [3.63, 3.8) is 0 Å². The van der Waals surface area contributed by atoms with E-state index in [1.807, 2.05) is 0 Å². The van der Waals surface area contributed by atoms with Crippen LogP contribution in [0.25, 0.3) is 0 Å². The minimum absolute atomic E-state index is 0.139. The highest BCUT2D eigenvalue weighted by Crippen LogP contribution is 2.14. The summed E-state index contributed by atoms with van der Waals surface area (Å²) in [4.78, 5) is 37.7. The van der Waals surface area contributed by atoms with Crippen molar-refractivity contribution in [2.75, 3.05) is 32.1 Å². The highest BCUT2D eigenvalue weighted by atomic mass is 19.1. The third-order valence-corrected chi connectivity index (χ3v) is 4.21. The first-order valence-corrected chi connectivity index (χ1v) is 9.39. The monoisotopic (exact) mass is 416 g/mol. The van der Waals surface area contributed by atoms with Gasteiger partial charge in [-0.05, 0) is 48.9 Å². The first-order chi connectivity index (χ1) is 14.4. The lowest BCUT2D eigenvalue weighted by molar-refractivity contribution is -0.133. The molecule has 0 spiro atoms. The molecule has 30 heavy (non-hydrogen) atoms. The van der Waals surface area contributed by atoms with E-state index in [-0.39, 0.29) is 37.3 Å². The Balaban J connectivity index is 1.75. The van der Waals surface area contributed by atoms with Crippen LogP contribution in [0.5, 0.6) is 5.75 Å². The molecule has 0 aliphatic carbocycles. The van der Waals surface area contributed by atoms with E-state index >= 15 is 0 Å². The van der Waals surface area contributed by atoms with Gasteiger partial charge >= 0.3 is 6.03 Å². The maximum Gasteiger partial charge on any atom is 0.315 e. The molecule has 2 rings (SSSR count). The number of nitrogens with one attached hydrogen (secondary N) is 3. The summed E-state index contributed by atoms with van der Waals surface area (Å²) in [5, 5.41) is 7.74. The fraction of sp³-hybridized carbons (Fsp3) is 0.286. The third kappa shape index (κ3) is 7.42. The van der Waals surface area contributed by atoms with Crippen molar-refractivity contribution < 1.29 is 23.5 Å². The number of likely N-dealkylation sites (N-methyl/N-ethyl adjacent to an activating group) is 1. The minimum atomic E-state index is -0.536. The van der Waals surface area contributed by atoms with Crippen molar-refractivity contribution in [2.24, 2.45) is 0 Å². The van der Waals surface area contributed by atoms with E-state index in [0.717, 1.165) is 5.56 Å². The van der Waals surface area contributed by atoms with Gasteiger partial charge in [-0.3, -0.25) is 9.59 Å². The number of hydrogen-bond donors (Lipinski definition) is 3. The van der Waals surface area contributed by atoms with Gasteiger partial charge in [0.2, 0.25) is 11.8 Å². The topological polar surface area (TPSA) is 99.8 Å². The first kappa shape index (κ1) is 22.7. The van der Waals surface area contributed by atoms with Crippen molar-refractivity contribution in [3.05, 3.63) is 59.9 Å². The molecular weight excluding hydrogens is 391 g/mol. The fourth-order valence-electron chi connectivity index (χ4n) is 2.54. The highest BCUT2D eigenvalue weighted by molar-refractivity contribution is 5.95. The van der Waals surface area contributed by atoms with E-state index < -0.39 is 6.03 Å². The molecule has 0 heterocycles. The summed E-state index contributed by atoms with van der Waals surface area (Å²) in [5.74, 6) is -0.429.